The van der Waals surface area contributed by atoms with E-state index in [2.05, 4.69) is 43.6 Å². The van der Waals surface area contributed by atoms with E-state index in [0.29, 0.717) is 0 Å². The lowest BCUT2D eigenvalue weighted by molar-refractivity contribution is -0.910. The lowest BCUT2D eigenvalue weighted by atomic mass is 10.0. The van der Waals surface area contributed by atoms with Gasteiger partial charge in [-0.15, -0.1) is 0 Å². The average molecular weight is 379 g/mol. The summed E-state index contributed by atoms with van der Waals surface area (Å²) >= 11 is 18.5. The number of benzene rings is 1. The molecule has 0 saturated carbocycles. The van der Waals surface area contributed by atoms with Crippen LogP contribution in [-0.2, 0) is 6.54 Å². The Labute approximate surface area is 155 Å². The summed E-state index contributed by atoms with van der Waals surface area (Å²) in [6.07, 6.45) is 4.87. The Morgan fingerprint density at radius 3 is 2.26 bits per heavy atom. The van der Waals surface area contributed by atoms with Crippen LogP contribution in [0.4, 0.5) is 0 Å². The first-order chi connectivity index (χ1) is 10.8. The topological polar surface area (TPSA) is 12.0 Å². The van der Waals surface area contributed by atoms with Crippen molar-refractivity contribution in [3.05, 3.63) is 35.4 Å². The van der Waals surface area contributed by atoms with Crippen molar-refractivity contribution >= 4 is 34.8 Å². The van der Waals surface area contributed by atoms with Crippen molar-refractivity contribution in [2.75, 3.05) is 26.7 Å². The van der Waals surface area contributed by atoms with Crippen molar-refractivity contribution < 1.29 is 4.48 Å². The molecular formula is C18H28Cl3N2+. The second kappa shape index (κ2) is 8.40. The van der Waals surface area contributed by atoms with Crippen molar-refractivity contribution in [2.24, 2.45) is 0 Å². The van der Waals surface area contributed by atoms with E-state index < -0.39 is 3.79 Å². The Hall–Kier alpha value is 0.01000. The molecule has 1 aromatic carbocycles. The second-order valence-corrected chi connectivity index (χ2v) is 9.32. The smallest absolute Gasteiger partial charge is 0.209 e. The van der Waals surface area contributed by atoms with E-state index in [1.807, 2.05) is 0 Å². The zero-order valence-electron chi connectivity index (χ0n) is 14.1. The summed E-state index contributed by atoms with van der Waals surface area (Å²) in [6, 6.07) is 8.29. The summed E-state index contributed by atoms with van der Waals surface area (Å²) in [6.45, 7) is 6.64. The fourth-order valence-corrected chi connectivity index (χ4v) is 3.97. The molecule has 0 radical (unpaired) electrons. The molecule has 0 aliphatic carbocycles. The van der Waals surface area contributed by atoms with Gasteiger partial charge in [-0.2, -0.15) is 0 Å². The van der Waals surface area contributed by atoms with Crippen LogP contribution in [0.1, 0.15) is 49.8 Å². The zero-order chi connectivity index (χ0) is 16.9. The van der Waals surface area contributed by atoms with Crippen LogP contribution in [0.2, 0.25) is 0 Å². The number of hydrogen-bond donors (Lipinski definition) is 1. The van der Waals surface area contributed by atoms with Crippen molar-refractivity contribution in [1.29, 1.82) is 0 Å². The minimum Gasteiger partial charge on any atom is -0.322 e. The van der Waals surface area contributed by atoms with E-state index in [1.165, 1.54) is 31.5 Å². The Morgan fingerprint density at radius 1 is 1.13 bits per heavy atom. The van der Waals surface area contributed by atoms with Crippen LogP contribution in [0.15, 0.2) is 24.3 Å². The molecule has 0 unspecified atom stereocenters. The van der Waals surface area contributed by atoms with Crippen molar-refractivity contribution in [2.45, 2.75) is 49.0 Å². The summed E-state index contributed by atoms with van der Waals surface area (Å²) in [7, 11) is 2.34. The predicted molar refractivity (Wildman–Crippen MR) is 101 cm³/mol. The summed E-state index contributed by atoms with van der Waals surface area (Å²) in [4.78, 5) is 0. The number of nitrogens with one attached hydrogen (secondary N) is 1. The highest BCUT2D eigenvalue weighted by Gasteiger charge is 2.33. The molecule has 0 bridgehead atoms. The lowest BCUT2D eigenvalue weighted by Gasteiger charge is -2.30. The van der Waals surface area contributed by atoms with Gasteiger partial charge in [0.15, 0.2) is 0 Å². The fourth-order valence-electron chi connectivity index (χ4n) is 3.36. The van der Waals surface area contributed by atoms with Crippen LogP contribution in [0.5, 0.6) is 0 Å². The van der Waals surface area contributed by atoms with Crippen LogP contribution in [0, 0.1) is 0 Å². The van der Waals surface area contributed by atoms with E-state index in [1.54, 1.807) is 0 Å². The number of halogens is 3. The number of quaternary nitrogens is 1. The maximum atomic E-state index is 6.18. The molecule has 0 amide bonds. The monoisotopic (exact) mass is 377 g/mol. The Balaban J connectivity index is 2.05. The van der Waals surface area contributed by atoms with Crippen LogP contribution in [0.25, 0.3) is 0 Å². The van der Waals surface area contributed by atoms with Gasteiger partial charge in [0.25, 0.3) is 0 Å². The Kier molecular flexibility index (Phi) is 7.06. The minimum atomic E-state index is -1.34. The molecule has 1 aliphatic rings. The minimum absolute atomic E-state index is 0.273. The molecule has 2 rings (SSSR count). The average Bonchev–Trinajstić information content (AvgIpc) is 2.90. The maximum absolute atomic E-state index is 6.18. The first kappa shape index (κ1) is 19.3. The van der Waals surface area contributed by atoms with Gasteiger partial charge in [-0.3, -0.25) is 0 Å². The van der Waals surface area contributed by atoms with E-state index in [4.69, 9.17) is 34.8 Å². The molecule has 23 heavy (non-hydrogen) atoms. The van der Waals surface area contributed by atoms with Crippen LogP contribution in [0.3, 0.4) is 0 Å². The van der Waals surface area contributed by atoms with Crippen LogP contribution >= 0.6 is 34.8 Å². The molecule has 5 heteroatoms. The third-order valence-corrected chi connectivity index (χ3v) is 5.38. The molecule has 2 nitrogen and oxygen atoms in total. The fraction of sp³-hybridized carbons (Fsp3) is 0.667. The molecule has 1 atom stereocenters. The van der Waals surface area contributed by atoms with Gasteiger partial charge < -0.3 is 9.80 Å². The summed E-state index contributed by atoms with van der Waals surface area (Å²) < 4.78 is -0.204. The highest BCUT2D eigenvalue weighted by atomic mass is 35.6. The largest absolute Gasteiger partial charge is 0.322 e. The molecule has 1 saturated heterocycles. The van der Waals surface area contributed by atoms with Gasteiger partial charge in [0.2, 0.25) is 3.79 Å². The molecule has 0 aromatic heterocycles. The number of likely N-dealkylation sites (tertiary alicyclic amines) is 1. The Bertz CT molecular complexity index is 476. The number of unbranched alkanes of at least 4 members (excludes halogenated alkanes) is 1. The number of hydrogen-bond acceptors (Lipinski definition) is 1. The SMILES string of the molecule is CCCCN[C@H](c1ccc(C[N+]2(C)CCCC2)cc1)C(Cl)(Cl)Cl. The van der Waals surface area contributed by atoms with E-state index >= 15 is 0 Å². The number of alkyl halides is 3. The third kappa shape index (κ3) is 5.79. The summed E-state index contributed by atoms with van der Waals surface area (Å²) in [5.74, 6) is 0. The maximum Gasteiger partial charge on any atom is 0.209 e. The molecule has 1 heterocycles. The third-order valence-electron chi connectivity index (χ3n) is 4.73. The van der Waals surface area contributed by atoms with Crippen molar-refractivity contribution in [1.82, 2.24) is 5.32 Å². The number of nitrogens with zero attached hydrogens (tertiary/aromatic N) is 1. The van der Waals surface area contributed by atoms with Crippen molar-refractivity contribution in [3.63, 3.8) is 0 Å². The van der Waals surface area contributed by atoms with Crippen LogP contribution < -0.4 is 5.32 Å². The first-order valence-corrected chi connectivity index (χ1v) is 9.70. The van der Waals surface area contributed by atoms with Crippen molar-refractivity contribution in [3.8, 4) is 0 Å². The molecule has 1 aromatic rings. The highest BCUT2D eigenvalue weighted by Crippen LogP contribution is 2.40. The van der Waals surface area contributed by atoms with Gasteiger partial charge in [-0.1, -0.05) is 72.4 Å². The molecule has 130 valence electrons. The standard InChI is InChI=1S/C18H28Cl3N2/c1-3-4-11-22-17(18(19,20)21)16-9-7-15(8-10-16)14-23(2)12-5-6-13-23/h7-10,17,22H,3-6,11-14H2,1-2H3/q+1/t17-/m1/s1. The highest BCUT2D eigenvalue weighted by molar-refractivity contribution is 6.68. The van der Waals surface area contributed by atoms with Gasteiger partial charge in [0.05, 0.1) is 26.2 Å². The van der Waals surface area contributed by atoms with E-state index in [0.717, 1.165) is 36.0 Å². The normalized spacial score (nSPS) is 19.0. The quantitative estimate of drug-likeness (QED) is 0.389. The van der Waals surface area contributed by atoms with E-state index in [-0.39, 0.29) is 6.04 Å². The summed E-state index contributed by atoms with van der Waals surface area (Å²) in [5, 5.41) is 3.38. The predicted octanol–water partition coefficient (Wildman–Crippen LogP) is 5.23. The van der Waals surface area contributed by atoms with Crippen LogP contribution in [-0.4, -0.2) is 35.0 Å². The van der Waals surface area contributed by atoms with Gasteiger partial charge in [0.1, 0.15) is 6.54 Å². The zero-order valence-corrected chi connectivity index (χ0v) is 16.4. The van der Waals surface area contributed by atoms with Gasteiger partial charge in [0, 0.05) is 18.4 Å². The first-order valence-electron chi connectivity index (χ1n) is 8.56. The van der Waals surface area contributed by atoms with Gasteiger partial charge in [-0.05, 0) is 18.5 Å². The number of rotatable bonds is 7. The molecule has 1 aliphatic heterocycles. The lowest BCUT2D eigenvalue weighted by Crippen LogP contribution is -2.39. The molecular weight excluding hydrogens is 351 g/mol. The second-order valence-electron chi connectivity index (χ2n) is 6.96. The van der Waals surface area contributed by atoms with Gasteiger partial charge in [-0.25, -0.2) is 0 Å². The van der Waals surface area contributed by atoms with Gasteiger partial charge >= 0.3 is 0 Å². The molecule has 1 fully saturated rings. The molecule has 0 spiro atoms. The summed E-state index contributed by atoms with van der Waals surface area (Å²) in [5.41, 5.74) is 2.39. The molecule has 1 N–H and O–H groups in total. The van der Waals surface area contributed by atoms with E-state index in [9.17, 15) is 0 Å². The Morgan fingerprint density at radius 2 is 1.74 bits per heavy atom.